The molecule has 0 amide bonds. The number of nitrogens with zero attached hydrogens (tertiary/aromatic N) is 1. The Morgan fingerprint density at radius 2 is 2.30 bits per heavy atom. The van der Waals surface area contributed by atoms with Gasteiger partial charge in [-0.15, -0.1) is 0 Å². The van der Waals surface area contributed by atoms with E-state index in [1.54, 1.807) is 0 Å². The fraction of sp³-hybridized carbons (Fsp3) is 0.125. The van der Waals surface area contributed by atoms with Crippen molar-refractivity contribution in [3.05, 3.63) is 29.3 Å². The summed E-state index contributed by atoms with van der Waals surface area (Å²) in [5.41, 5.74) is 8.85. The van der Waals surface area contributed by atoms with Crippen molar-refractivity contribution in [3.63, 3.8) is 0 Å². The molecule has 1 aliphatic heterocycles. The third kappa shape index (κ3) is 0.620. The number of hydrogen-bond acceptors (Lipinski definition) is 2. The SMILES string of the molecule is Nc1cccc2c1C=NC2. The number of fused-ring (bicyclic) bond motifs is 1. The molecule has 0 saturated heterocycles. The van der Waals surface area contributed by atoms with Gasteiger partial charge in [0.2, 0.25) is 0 Å². The molecular weight excluding hydrogens is 124 g/mol. The molecule has 2 heteroatoms. The van der Waals surface area contributed by atoms with Gasteiger partial charge in [-0.1, -0.05) is 12.1 Å². The molecule has 0 spiro atoms. The largest absolute Gasteiger partial charge is 0.398 e. The highest BCUT2D eigenvalue weighted by molar-refractivity contribution is 5.90. The minimum atomic E-state index is 0.792. The lowest BCUT2D eigenvalue weighted by Crippen LogP contribution is -1.92. The van der Waals surface area contributed by atoms with Gasteiger partial charge in [-0.25, -0.2) is 0 Å². The standard InChI is InChI=1S/C8H8N2/c9-8-3-1-2-6-4-10-5-7(6)8/h1-3,5H,4,9H2. The van der Waals surface area contributed by atoms with Crippen LogP contribution in [0.25, 0.3) is 0 Å². The molecule has 1 aliphatic rings. The number of anilines is 1. The molecule has 0 aromatic heterocycles. The van der Waals surface area contributed by atoms with Gasteiger partial charge in [-0.05, 0) is 11.6 Å². The van der Waals surface area contributed by atoms with Crippen LogP contribution in [0, 0.1) is 0 Å². The first kappa shape index (κ1) is 5.47. The van der Waals surface area contributed by atoms with Crippen LogP contribution in [-0.4, -0.2) is 6.21 Å². The summed E-state index contributed by atoms with van der Waals surface area (Å²) in [7, 11) is 0. The van der Waals surface area contributed by atoms with E-state index in [1.807, 2.05) is 18.3 Å². The molecule has 2 rings (SSSR count). The number of hydrogen-bond donors (Lipinski definition) is 1. The Morgan fingerprint density at radius 1 is 1.40 bits per heavy atom. The molecule has 0 saturated carbocycles. The first-order valence-electron chi connectivity index (χ1n) is 3.25. The van der Waals surface area contributed by atoms with Crippen molar-refractivity contribution >= 4 is 11.9 Å². The van der Waals surface area contributed by atoms with Crippen LogP contribution in [0.4, 0.5) is 5.69 Å². The molecule has 10 heavy (non-hydrogen) atoms. The molecule has 0 fully saturated rings. The maximum atomic E-state index is 5.68. The number of benzene rings is 1. The third-order valence-electron chi connectivity index (χ3n) is 1.71. The first-order valence-corrected chi connectivity index (χ1v) is 3.25. The summed E-state index contributed by atoms with van der Waals surface area (Å²) in [6.45, 7) is 0.792. The molecule has 0 unspecified atom stereocenters. The number of nitrogens with two attached hydrogens (primary N) is 1. The Balaban J connectivity index is 2.67. The zero-order chi connectivity index (χ0) is 6.97. The van der Waals surface area contributed by atoms with Gasteiger partial charge in [0, 0.05) is 17.5 Å². The van der Waals surface area contributed by atoms with Crippen LogP contribution in [0.3, 0.4) is 0 Å². The predicted octanol–water partition coefficient (Wildman–Crippen LogP) is 1.20. The summed E-state index contributed by atoms with van der Waals surface area (Å²) < 4.78 is 0. The molecule has 0 bridgehead atoms. The lowest BCUT2D eigenvalue weighted by molar-refractivity contribution is 1.11. The zero-order valence-corrected chi connectivity index (χ0v) is 5.54. The van der Waals surface area contributed by atoms with Crippen LogP contribution in [0.1, 0.15) is 11.1 Å². The Labute approximate surface area is 59.4 Å². The average molecular weight is 132 g/mol. The van der Waals surface area contributed by atoms with Crippen LogP contribution in [0.2, 0.25) is 0 Å². The summed E-state index contributed by atoms with van der Waals surface area (Å²) in [6.07, 6.45) is 1.84. The molecule has 2 nitrogen and oxygen atoms in total. The van der Waals surface area contributed by atoms with E-state index in [0.29, 0.717) is 0 Å². The van der Waals surface area contributed by atoms with Crippen LogP contribution in [0.15, 0.2) is 23.2 Å². The van der Waals surface area contributed by atoms with Crippen molar-refractivity contribution in [3.8, 4) is 0 Å². The van der Waals surface area contributed by atoms with Crippen molar-refractivity contribution in [2.24, 2.45) is 4.99 Å². The Kier molecular flexibility index (Phi) is 1.01. The lowest BCUT2D eigenvalue weighted by Gasteiger charge is -1.98. The Bertz CT molecular complexity index is 289. The highest BCUT2D eigenvalue weighted by Gasteiger charge is 2.06. The van der Waals surface area contributed by atoms with Crippen LogP contribution in [0.5, 0.6) is 0 Å². The van der Waals surface area contributed by atoms with E-state index in [2.05, 4.69) is 11.1 Å². The fourth-order valence-electron chi connectivity index (χ4n) is 1.16. The van der Waals surface area contributed by atoms with Gasteiger partial charge in [0.1, 0.15) is 0 Å². The van der Waals surface area contributed by atoms with E-state index in [-0.39, 0.29) is 0 Å². The highest BCUT2D eigenvalue weighted by Crippen LogP contribution is 2.19. The van der Waals surface area contributed by atoms with Crippen LogP contribution >= 0.6 is 0 Å². The van der Waals surface area contributed by atoms with E-state index in [9.17, 15) is 0 Å². The Morgan fingerprint density at radius 3 is 3.10 bits per heavy atom. The van der Waals surface area contributed by atoms with Gasteiger partial charge < -0.3 is 5.73 Å². The first-order chi connectivity index (χ1) is 4.88. The fourth-order valence-corrected chi connectivity index (χ4v) is 1.16. The van der Waals surface area contributed by atoms with Crippen molar-refractivity contribution < 1.29 is 0 Å². The molecular formula is C8H8N2. The number of nitrogen functional groups attached to an aromatic ring is 1. The molecule has 1 aromatic rings. The number of rotatable bonds is 0. The third-order valence-corrected chi connectivity index (χ3v) is 1.71. The minimum absolute atomic E-state index is 0.792. The molecule has 0 aliphatic carbocycles. The zero-order valence-electron chi connectivity index (χ0n) is 5.54. The molecule has 0 radical (unpaired) electrons. The second-order valence-electron chi connectivity index (χ2n) is 2.39. The van der Waals surface area contributed by atoms with Gasteiger partial charge in [0.05, 0.1) is 6.54 Å². The van der Waals surface area contributed by atoms with Gasteiger partial charge in [-0.2, -0.15) is 0 Å². The van der Waals surface area contributed by atoms with E-state index in [4.69, 9.17) is 5.73 Å². The quantitative estimate of drug-likeness (QED) is 0.529. The van der Waals surface area contributed by atoms with Crippen LogP contribution in [-0.2, 0) is 6.54 Å². The van der Waals surface area contributed by atoms with E-state index < -0.39 is 0 Å². The summed E-state index contributed by atoms with van der Waals surface area (Å²) in [6, 6.07) is 5.91. The molecule has 1 heterocycles. The summed E-state index contributed by atoms with van der Waals surface area (Å²) >= 11 is 0. The van der Waals surface area contributed by atoms with Crippen molar-refractivity contribution in [2.45, 2.75) is 6.54 Å². The van der Waals surface area contributed by atoms with Crippen molar-refractivity contribution in [1.29, 1.82) is 0 Å². The maximum absolute atomic E-state index is 5.68. The smallest absolute Gasteiger partial charge is 0.0647 e. The van der Waals surface area contributed by atoms with Gasteiger partial charge in [0.25, 0.3) is 0 Å². The predicted molar refractivity (Wildman–Crippen MR) is 42.2 cm³/mol. The summed E-state index contributed by atoms with van der Waals surface area (Å²) in [5.74, 6) is 0. The van der Waals surface area contributed by atoms with E-state index >= 15 is 0 Å². The molecule has 1 aromatic carbocycles. The summed E-state index contributed by atoms with van der Waals surface area (Å²) in [5, 5.41) is 0. The van der Waals surface area contributed by atoms with Gasteiger partial charge >= 0.3 is 0 Å². The maximum Gasteiger partial charge on any atom is 0.0647 e. The van der Waals surface area contributed by atoms with E-state index in [1.165, 1.54) is 5.56 Å². The van der Waals surface area contributed by atoms with Crippen molar-refractivity contribution in [1.82, 2.24) is 0 Å². The molecule has 50 valence electrons. The minimum Gasteiger partial charge on any atom is -0.398 e. The molecule has 0 atom stereocenters. The Hall–Kier alpha value is -1.31. The monoisotopic (exact) mass is 132 g/mol. The summed E-state index contributed by atoms with van der Waals surface area (Å²) in [4.78, 5) is 4.11. The van der Waals surface area contributed by atoms with Crippen molar-refractivity contribution in [2.75, 3.05) is 5.73 Å². The molecule has 2 N–H and O–H groups in total. The second kappa shape index (κ2) is 1.84. The van der Waals surface area contributed by atoms with Crippen LogP contribution < -0.4 is 5.73 Å². The average Bonchev–Trinajstić information content (AvgIpc) is 2.36. The number of aliphatic imine (C=N–C) groups is 1. The topological polar surface area (TPSA) is 38.4 Å². The lowest BCUT2D eigenvalue weighted by atomic mass is 10.1. The second-order valence-corrected chi connectivity index (χ2v) is 2.39. The van der Waals surface area contributed by atoms with Gasteiger partial charge in [0.15, 0.2) is 0 Å². The highest BCUT2D eigenvalue weighted by atomic mass is 14.7. The normalized spacial score (nSPS) is 13.6. The van der Waals surface area contributed by atoms with Gasteiger partial charge in [-0.3, -0.25) is 4.99 Å². The van der Waals surface area contributed by atoms with E-state index in [0.717, 1.165) is 17.8 Å².